The number of hydrogen-bond donors (Lipinski definition) is 2. The molecule has 3 atom stereocenters. The predicted octanol–water partition coefficient (Wildman–Crippen LogP) is 5.73. The maximum atomic E-state index is 13.6. The molecule has 1 aromatic carbocycles. The smallest absolute Gasteiger partial charge is 0.222 e. The number of likely N-dealkylation sites (tertiary alicyclic amines) is 1. The molecule has 1 saturated heterocycles. The summed E-state index contributed by atoms with van der Waals surface area (Å²) in [4.78, 5) is 15.4. The lowest BCUT2D eigenvalue weighted by molar-refractivity contribution is -0.138. The zero-order valence-corrected chi connectivity index (χ0v) is 22.9. The normalized spacial score (nSPS) is 25.4. The number of benzene rings is 1. The van der Waals surface area contributed by atoms with Crippen LogP contribution in [0.5, 0.6) is 0 Å². The standard InChI is InChI=1S/C29H46ClFN2O3/c1-32-20-23(17-22-10-12-27(31)13-11-22)18-28(34)33-15-6-8-25(21-33)29(35,14-3-4-16-36-2)24-7-5-9-26(30)19-24/h5,7,9,19,22-23,25,27,32,35H,3-4,6,8,10-18,20-21H2,1-2H3/t22?,23-,25-,27?,29-/m1/s1. The Morgan fingerprint density at radius 1 is 1.28 bits per heavy atom. The fraction of sp³-hybridized carbons (Fsp3) is 0.759. The molecule has 1 aliphatic heterocycles. The summed E-state index contributed by atoms with van der Waals surface area (Å²) in [7, 11) is 3.63. The largest absolute Gasteiger partial charge is 0.385 e. The molecule has 1 amide bonds. The second-order valence-corrected chi connectivity index (χ2v) is 11.5. The summed E-state index contributed by atoms with van der Waals surface area (Å²) in [6.45, 7) is 2.76. The maximum absolute atomic E-state index is 13.6. The Kier molecular flexibility index (Phi) is 11.9. The number of nitrogens with one attached hydrogen (secondary N) is 1. The number of piperidine rings is 1. The van der Waals surface area contributed by atoms with E-state index in [9.17, 15) is 14.3 Å². The van der Waals surface area contributed by atoms with Gasteiger partial charge in [-0.3, -0.25) is 4.79 Å². The summed E-state index contributed by atoms with van der Waals surface area (Å²) in [5.41, 5.74) is -0.198. The SMILES string of the molecule is CNC[C@@H](CC(=O)N1CCC[C@@H]([C@@](O)(CCCCOC)c2cccc(Cl)c2)C1)CC1CCC(F)CC1. The molecule has 1 aliphatic carbocycles. The zero-order chi connectivity index (χ0) is 26.0. The third-order valence-corrected chi connectivity index (χ3v) is 8.56. The van der Waals surface area contributed by atoms with Crippen molar-refractivity contribution < 1.29 is 19.0 Å². The third kappa shape index (κ3) is 8.41. The van der Waals surface area contributed by atoms with Crippen LogP contribution >= 0.6 is 11.6 Å². The second kappa shape index (κ2) is 14.7. The number of carbonyl (C=O) groups excluding carboxylic acids is 1. The van der Waals surface area contributed by atoms with Gasteiger partial charge in [-0.1, -0.05) is 23.7 Å². The van der Waals surface area contributed by atoms with Crippen LogP contribution in [0.25, 0.3) is 0 Å². The Balaban J connectivity index is 1.66. The summed E-state index contributed by atoms with van der Waals surface area (Å²) in [6.07, 6.45) is 8.10. The Hall–Kier alpha value is -1.21. The van der Waals surface area contributed by atoms with Gasteiger partial charge in [0.1, 0.15) is 6.17 Å². The van der Waals surface area contributed by atoms with E-state index in [1.54, 1.807) is 7.11 Å². The highest BCUT2D eigenvalue weighted by Gasteiger charge is 2.41. The molecule has 2 N–H and O–H groups in total. The average Bonchev–Trinajstić information content (AvgIpc) is 2.88. The minimum atomic E-state index is -1.03. The number of amides is 1. The van der Waals surface area contributed by atoms with Gasteiger partial charge >= 0.3 is 0 Å². The Morgan fingerprint density at radius 3 is 2.75 bits per heavy atom. The van der Waals surface area contributed by atoms with Crippen molar-refractivity contribution in [3.63, 3.8) is 0 Å². The molecule has 0 bridgehead atoms. The van der Waals surface area contributed by atoms with E-state index in [1.807, 2.05) is 36.2 Å². The van der Waals surface area contributed by atoms with E-state index >= 15 is 0 Å². The molecule has 0 spiro atoms. The monoisotopic (exact) mass is 524 g/mol. The molecule has 2 fully saturated rings. The van der Waals surface area contributed by atoms with Gasteiger partial charge in [0.15, 0.2) is 0 Å². The predicted molar refractivity (Wildman–Crippen MR) is 144 cm³/mol. The highest BCUT2D eigenvalue weighted by Crippen LogP contribution is 2.41. The number of methoxy groups -OCH3 is 1. The molecule has 0 aromatic heterocycles. The van der Waals surface area contributed by atoms with Crippen molar-refractivity contribution in [3.8, 4) is 0 Å². The molecular weight excluding hydrogens is 479 g/mol. The first kappa shape index (κ1) is 29.3. The topological polar surface area (TPSA) is 61.8 Å². The van der Waals surface area contributed by atoms with Crippen LogP contribution in [0.2, 0.25) is 5.02 Å². The van der Waals surface area contributed by atoms with Crippen molar-refractivity contribution >= 4 is 17.5 Å². The molecule has 0 unspecified atom stereocenters. The molecule has 0 radical (unpaired) electrons. The van der Waals surface area contributed by atoms with Crippen LogP contribution in [0.3, 0.4) is 0 Å². The molecule has 204 valence electrons. The number of carbonyl (C=O) groups is 1. The van der Waals surface area contributed by atoms with Crippen molar-refractivity contribution in [2.45, 2.75) is 82.4 Å². The van der Waals surface area contributed by atoms with Crippen LogP contribution < -0.4 is 5.32 Å². The molecule has 1 saturated carbocycles. The fourth-order valence-electron chi connectivity index (χ4n) is 6.31. The highest BCUT2D eigenvalue weighted by molar-refractivity contribution is 6.30. The van der Waals surface area contributed by atoms with E-state index in [2.05, 4.69) is 5.32 Å². The fourth-order valence-corrected chi connectivity index (χ4v) is 6.50. The summed E-state index contributed by atoms with van der Waals surface area (Å²) in [6, 6.07) is 7.54. The van der Waals surface area contributed by atoms with Gasteiger partial charge in [-0.2, -0.15) is 0 Å². The Morgan fingerprint density at radius 2 is 2.06 bits per heavy atom. The van der Waals surface area contributed by atoms with Crippen LogP contribution in [-0.2, 0) is 15.1 Å². The highest BCUT2D eigenvalue weighted by atomic mass is 35.5. The molecular formula is C29H46ClFN2O3. The summed E-state index contributed by atoms with van der Waals surface area (Å²) in [5, 5.41) is 15.9. The Labute approximate surface area is 222 Å². The van der Waals surface area contributed by atoms with E-state index in [0.29, 0.717) is 49.8 Å². The van der Waals surface area contributed by atoms with Crippen molar-refractivity contribution in [3.05, 3.63) is 34.9 Å². The van der Waals surface area contributed by atoms with Crippen LogP contribution in [0.15, 0.2) is 24.3 Å². The maximum Gasteiger partial charge on any atom is 0.222 e. The van der Waals surface area contributed by atoms with E-state index in [0.717, 1.165) is 63.6 Å². The van der Waals surface area contributed by atoms with Crippen molar-refractivity contribution in [1.82, 2.24) is 10.2 Å². The van der Waals surface area contributed by atoms with Gasteiger partial charge in [0.25, 0.3) is 0 Å². The number of nitrogens with zero attached hydrogens (tertiary/aromatic N) is 1. The minimum absolute atomic E-state index is 0.0428. The summed E-state index contributed by atoms with van der Waals surface area (Å²) in [5.74, 6) is 0.896. The van der Waals surface area contributed by atoms with Crippen LogP contribution in [0.1, 0.15) is 76.2 Å². The number of alkyl halides is 1. The third-order valence-electron chi connectivity index (χ3n) is 8.33. The van der Waals surface area contributed by atoms with Crippen molar-refractivity contribution in [2.75, 3.05) is 40.4 Å². The number of aliphatic hydroxyl groups is 1. The van der Waals surface area contributed by atoms with Crippen LogP contribution in [-0.4, -0.2) is 62.5 Å². The van der Waals surface area contributed by atoms with Gasteiger partial charge in [-0.15, -0.1) is 0 Å². The molecule has 1 heterocycles. The van der Waals surface area contributed by atoms with Gasteiger partial charge in [-0.25, -0.2) is 4.39 Å². The van der Waals surface area contributed by atoms with Crippen molar-refractivity contribution in [1.29, 1.82) is 0 Å². The molecule has 2 aliphatic rings. The van der Waals surface area contributed by atoms with E-state index in [-0.39, 0.29) is 17.7 Å². The van der Waals surface area contributed by atoms with Gasteiger partial charge in [0, 0.05) is 44.2 Å². The van der Waals surface area contributed by atoms with Gasteiger partial charge in [-0.05, 0) is 107 Å². The number of rotatable bonds is 13. The quantitative estimate of drug-likeness (QED) is 0.324. The molecule has 5 nitrogen and oxygen atoms in total. The first-order chi connectivity index (χ1) is 17.4. The van der Waals surface area contributed by atoms with Gasteiger partial charge in [0.2, 0.25) is 5.91 Å². The molecule has 1 aromatic rings. The summed E-state index contributed by atoms with van der Waals surface area (Å²) < 4.78 is 18.8. The number of unbranched alkanes of at least 4 members (excludes halogenated alkanes) is 1. The zero-order valence-electron chi connectivity index (χ0n) is 22.2. The second-order valence-electron chi connectivity index (χ2n) is 11.0. The van der Waals surface area contributed by atoms with Crippen molar-refractivity contribution in [2.24, 2.45) is 17.8 Å². The molecule has 36 heavy (non-hydrogen) atoms. The lowest BCUT2D eigenvalue weighted by Gasteiger charge is -2.43. The number of hydrogen-bond acceptors (Lipinski definition) is 4. The van der Waals surface area contributed by atoms with E-state index < -0.39 is 11.8 Å². The minimum Gasteiger partial charge on any atom is -0.385 e. The first-order valence-electron chi connectivity index (χ1n) is 13.9. The van der Waals surface area contributed by atoms with Gasteiger partial charge < -0.3 is 20.1 Å². The Bertz CT molecular complexity index is 804. The van der Waals surface area contributed by atoms with E-state index in [1.165, 1.54) is 0 Å². The number of ether oxygens (including phenoxy) is 1. The first-order valence-corrected chi connectivity index (χ1v) is 14.3. The van der Waals surface area contributed by atoms with E-state index in [4.69, 9.17) is 16.3 Å². The average molecular weight is 525 g/mol. The number of halogens is 2. The van der Waals surface area contributed by atoms with Crippen LogP contribution in [0.4, 0.5) is 4.39 Å². The molecule has 3 rings (SSSR count). The summed E-state index contributed by atoms with van der Waals surface area (Å²) >= 11 is 6.31. The van der Waals surface area contributed by atoms with Crippen LogP contribution in [0, 0.1) is 17.8 Å². The van der Waals surface area contributed by atoms with Gasteiger partial charge in [0.05, 0.1) is 5.60 Å². The lowest BCUT2D eigenvalue weighted by atomic mass is 9.74. The molecule has 7 heteroatoms. The lowest BCUT2D eigenvalue weighted by Crippen LogP contribution is -2.48.